The molecule has 0 unspecified atom stereocenters. The molecule has 1 saturated carbocycles. The first-order valence-electron chi connectivity index (χ1n) is 7.66. The van der Waals surface area contributed by atoms with Crippen LogP contribution >= 0.6 is 0 Å². The van der Waals surface area contributed by atoms with Crippen LogP contribution in [0.15, 0.2) is 24.3 Å². The van der Waals surface area contributed by atoms with Gasteiger partial charge in [0, 0.05) is 24.2 Å². The topological polar surface area (TPSA) is 29.1 Å². The fraction of sp³-hybridized carbons (Fsp3) is 0.588. The van der Waals surface area contributed by atoms with Crippen LogP contribution in [-0.2, 0) is 0 Å². The van der Waals surface area contributed by atoms with E-state index in [1.165, 1.54) is 32.1 Å². The normalized spacial score (nSPS) is 16.3. The second kappa shape index (κ2) is 7.32. The number of Topliss-reactive ketones (excluding diaryl/α,β-unsaturated/α-hetero) is 1. The Morgan fingerprint density at radius 1 is 1.26 bits per heavy atom. The molecule has 1 aromatic carbocycles. The van der Waals surface area contributed by atoms with Crippen molar-refractivity contribution in [2.45, 2.75) is 51.9 Å². The smallest absolute Gasteiger partial charge is 0.162 e. The summed E-state index contributed by atoms with van der Waals surface area (Å²) in [6.45, 7) is 3.09. The lowest BCUT2D eigenvalue weighted by molar-refractivity contribution is 0.0982. The minimum absolute atomic E-state index is 0.254. The summed E-state index contributed by atoms with van der Waals surface area (Å²) < 4.78 is 0. The highest BCUT2D eigenvalue weighted by Gasteiger charge is 2.13. The van der Waals surface area contributed by atoms with E-state index in [1.54, 1.807) is 0 Å². The van der Waals surface area contributed by atoms with Gasteiger partial charge < -0.3 is 5.32 Å². The van der Waals surface area contributed by atoms with Gasteiger partial charge in [-0.1, -0.05) is 38.3 Å². The van der Waals surface area contributed by atoms with Gasteiger partial charge in [0.15, 0.2) is 5.78 Å². The van der Waals surface area contributed by atoms with E-state index in [2.05, 4.69) is 11.4 Å². The van der Waals surface area contributed by atoms with Crippen molar-refractivity contribution >= 4 is 11.5 Å². The number of hydrogen-bond donors (Lipinski definition) is 1. The summed E-state index contributed by atoms with van der Waals surface area (Å²) in [7, 11) is 0. The van der Waals surface area contributed by atoms with E-state index in [0.29, 0.717) is 6.42 Å². The van der Waals surface area contributed by atoms with Crippen LogP contribution < -0.4 is 5.32 Å². The highest BCUT2D eigenvalue weighted by molar-refractivity contribution is 5.96. The van der Waals surface area contributed by atoms with E-state index >= 15 is 0 Å². The maximum atomic E-state index is 11.9. The van der Waals surface area contributed by atoms with Crippen molar-refractivity contribution in [2.24, 2.45) is 5.92 Å². The maximum absolute atomic E-state index is 11.9. The van der Waals surface area contributed by atoms with E-state index in [9.17, 15) is 4.79 Å². The Morgan fingerprint density at radius 2 is 2.05 bits per heavy atom. The Bertz CT molecular complexity index is 407. The summed E-state index contributed by atoms with van der Waals surface area (Å²) in [5.74, 6) is 1.06. The number of nitrogens with one attached hydrogen (secondary N) is 1. The lowest BCUT2D eigenvalue weighted by Crippen LogP contribution is -2.17. The third-order valence-corrected chi connectivity index (χ3v) is 3.98. The van der Waals surface area contributed by atoms with Crippen molar-refractivity contribution in [1.29, 1.82) is 0 Å². The predicted molar refractivity (Wildman–Crippen MR) is 80.7 cm³/mol. The Morgan fingerprint density at radius 3 is 2.79 bits per heavy atom. The first-order valence-corrected chi connectivity index (χ1v) is 7.66. The first kappa shape index (κ1) is 14.1. The van der Waals surface area contributed by atoms with Crippen molar-refractivity contribution in [2.75, 3.05) is 11.9 Å². The zero-order valence-corrected chi connectivity index (χ0v) is 12.0. The molecule has 2 heteroatoms. The molecule has 0 aromatic heterocycles. The Balaban J connectivity index is 1.89. The predicted octanol–water partition coefficient (Wildman–Crippen LogP) is 4.66. The molecule has 0 radical (unpaired) electrons. The van der Waals surface area contributed by atoms with Crippen LogP contribution in [0, 0.1) is 5.92 Å². The minimum atomic E-state index is 0.254. The molecule has 1 aromatic rings. The number of anilines is 1. The van der Waals surface area contributed by atoms with E-state index < -0.39 is 0 Å². The lowest BCUT2D eigenvalue weighted by Gasteiger charge is -2.22. The average Bonchev–Trinajstić information content (AvgIpc) is 2.47. The van der Waals surface area contributed by atoms with Crippen LogP contribution in [0.1, 0.15) is 62.2 Å². The third kappa shape index (κ3) is 4.38. The standard InChI is InChI=1S/C17H25NO/c1-2-7-17(19)15-10-6-11-16(12-15)18-13-14-8-4-3-5-9-14/h6,10-12,14,18H,2-5,7-9,13H2,1H3. The number of benzene rings is 1. The molecule has 0 saturated heterocycles. The summed E-state index contributed by atoms with van der Waals surface area (Å²) in [6, 6.07) is 7.96. The molecule has 104 valence electrons. The van der Waals surface area contributed by atoms with Gasteiger partial charge in [-0.15, -0.1) is 0 Å². The van der Waals surface area contributed by atoms with Gasteiger partial charge in [0.2, 0.25) is 0 Å². The average molecular weight is 259 g/mol. The summed E-state index contributed by atoms with van der Waals surface area (Å²) in [4.78, 5) is 11.9. The summed E-state index contributed by atoms with van der Waals surface area (Å²) in [5.41, 5.74) is 1.93. The second-order valence-corrected chi connectivity index (χ2v) is 5.64. The molecular formula is C17H25NO. The zero-order valence-electron chi connectivity index (χ0n) is 12.0. The van der Waals surface area contributed by atoms with Crippen LogP contribution in [0.5, 0.6) is 0 Å². The largest absolute Gasteiger partial charge is 0.385 e. The van der Waals surface area contributed by atoms with Gasteiger partial charge in [0.25, 0.3) is 0 Å². The Hall–Kier alpha value is -1.31. The highest BCUT2D eigenvalue weighted by atomic mass is 16.1. The highest BCUT2D eigenvalue weighted by Crippen LogP contribution is 2.24. The second-order valence-electron chi connectivity index (χ2n) is 5.64. The van der Waals surface area contributed by atoms with Crippen LogP contribution in [0.4, 0.5) is 5.69 Å². The molecule has 0 heterocycles. The maximum Gasteiger partial charge on any atom is 0.162 e. The van der Waals surface area contributed by atoms with Crippen LogP contribution in [-0.4, -0.2) is 12.3 Å². The molecule has 2 rings (SSSR count). The van der Waals surface area contributed by atoms with Gasteiger partial charge in [0.05, 0.1) is 0 Å². The Labute approximate surface area is 116 Å². The molecule has 0 spiro atoms. The first-order chi connectivity index (χ1) is 9.29. The Kier molecular flexibility index (Phi) is 5.44. The van der Waals surface area contributed by atoms with E-state index in [0.717, 1.165) is 30.1 Å². The fourth-order valence-electron chi connectivity index (χ4n) is 2.83. The SMILES string of the molecule is CCCC(=O)c1cccc(NCC2CCCCC2)c1. The van der Waals surface area contributed by atoms with Crippen molar-refractivity contribution in [1.82, 2.24) is 0 Å². The van der Waals surface area contributed by atoms with Crippen molar-refractivity contribution in [3.63, 3.8) is 0 Å². The van der Waals surface area contributed by atoms with Crippen molar-refractivity contribution < 1.29 is 4.79 Å². The molecule has 0 bridgehead atoms. The molecule has 0 amide bonds. The molecule has 0 atom stereocenters. The number of hydrogen-bond acceptors (Lipinski definition) is 2. The molecule has 1 aliphatic rings. The zero-order chi connectivity index (χ0) is 13.5. The molecule has 2 nitrogen and oxygen atoms in total. The van der Waals surface area contributed by atoms with Crippen LogP contribution in [0.25, 0.3) is 0 Å². The summed E-state index contributed by atoms with van der Waals surface area (Å²) in [6.07, 6.45) is 8.41. The van der Waals surface area contributed by atoms with Gasteiger partial charge in [-0.25, -0.2) is 0 Å². The molecular weight excluding hydrogens is 234 g/mol. The van der Waals surface area contributed by atoms with Crippen LogP contribution in [0.3, 0.4) is 0 Å². The van der Waals surface area contributed by atoms with Gasteiger partial charge in [-0.05, 0) is 37.3 Å². The summed E-state index contributed by atoms with van der Waals surface area (Å²) in [5, 5.41) is 3.50. The number of carbonyl (C=O) groups excluding carboxylic acids is 1. The van der Waals surface area contributed by atoms with Gasteiger partial charge in [0.1, 0.15) is 0 Å². The van der Waals surface area contributed by atoms with Gasteiger partial charge in [-0.3, -0.25) is 4.79 Å². The monoisotopic (exact) mass is 259 g/mol. The van der Waals surface area contributed by atoms with Crippen molar-refractivity contribution in [3.8, 4) is 0 Å². The van der Waals surface area contributed by atoms with Gasteiger partial charge >= 0.3 is 0 Å². The quantitative estimate of drug-likeness (QED) is 0.753. The number of carbonyl (C=O) groups is 1. The molecule has 1 N–H and O–H groups in total. The number of rotatable bonds is 6. The van der Waals surface area contributed by atoms with Crippen LogP contribution in [0.2, 0.25) is 0 Å². The number of ketones is 1. The molecule has 19 heavy (non-hydrogen) atoms. The molecule has 1 fully saturated rings. The van der Waals surface area contributed by atoms with Gasteiger partial charge in [-0.2, -0.15) is 0 Å². The lowest BCUT2D eigenvalue weighted by atomic mass is 9.89. The van der Waals surface area contributed by atoms with E-state index in [1.807, 2.05) is 25.1 Å². The third-order valence-electron chi connectivity index (χ3n) is 3.98. The van der Waals surface area contributed by atoms with E-state index in [4.69, 9.17) is 0 Å². The van der Waals surface area contributed by atoms with Crippen molar-refractivity contribution in [3.05, 3.63) is 29.8 Å². The molecule has 0 aliphatic heterocycles. The summed E-state index contributed by atoms with van der Waals surface area (Å²) >= 11 is 0. The fourth-order valence-corrected chi connectivity index (χ4v) is 2.83. The van der Waals surface area contributed by atoms with E-state index in [-0.39, 0.29) is 5.78 Å². The molecule has 1 aliphatic carbocycles. The minimum Gasteiger partial charge on any atom is -0.385 e.